The molecule has 0 fully saturated rings. The van der Waals surface area contributed by atoms with Crippen molar-refractivity contribution in [3.8, 4) is 0 Å². The molecule has 0 atom stereocenters. The van der Waals surface area contributed by atoms with Gasteiger partial charge in [0.15, 0.2) is 0 Å². The van der Waals surface area contributed by atoms with Crippen molar-refractivity contribution >= 4 is 0 Å². The van der Waals surface area contributed by atoms with Crippen molar-refractivity contribution in [3.05, 3.63) is 30.1 Å². The average Bonchev–Trinajstić information content (AvgIpc) is 1.64. The van der Waals surface area contributed by atoms with Gasteiger partial charge in [0.05, 0.1) is 12.4 Å². The minimum Gasteiger partial charge on any atom is -0.314 e. The Labute approximate surface area is 81.0 Å². The van der Waals surface area contributed by atoms with Crippen LogP contribution in [0.5, 0.6) is 0 Å². The molecule has 1 nitrogen and oxygen atoms in total. The first-order valence-corrected chi connectivity index (χ1v) is 2.62. The minimum absolute atomic E-state index is 0. The molecule has 1 aromatic heterocycles. The van der Waals surface area contributed by atoms with E-state index in [2.05, 4.69) is 6.07 Å². The molecule has 0 bridgehead atoms. The van der Waals surface area contributed by atoms with Crippen molar-refractivity contribution in [1.82, 2.24) is 0 Å². The first-order chi connectivity index (χ1) is 3.79. The second-order valence-electron chi connectivity index (χ2n) is 1.94. The molecule has 0 aliphatic rings. The van der Waals surface area contributed by atoms with Crippen LogP contribution in [-0.2, 0) is 39.8 Å². The van der Waals surface area contributed by atoms with Gasteiger partial charge in [-0.05, 0) is 0 Å². The SMILES string of the molecule is Cc1[c-]cc[n+](C)c1.[Y]. The Morgan fingerprint density at radius 2 is 2.22 bits per heavy atom. The molecule has 0 aliphatic carbocycles. The van der Waals surface area contributed by atoms with Crippen molar-refractivity contribution in [1.29, 1.82) is 0 Å². The molecular weight excluding hydrogens is 187 g/mol. The van der Waals surface area contributed by atoms with Crippen LogP contribution in [0.15, 0.2) is 18.5 Å². The molecule has 0 saturated heterocycles. The van der Waals surface area contributed by atoms with Crippen molar-refractivity contribution in [2.45, 2.75) is 6.92 Å². The predicted octanol–water partition coefficient (Wildman–Crippen LogP) is 0.617. The monoisotopic (exact) mass is 196 g/mol. The molecular formula is C7H9NY. The number of hydrogen-bond donors (Lipinski definition) is 0. The van der Waals surface area contributed by atoms with Gasteiger partial charge >= 0.3 is 0 Å². The number of hydrogen-bond acceptors (Lipinski definition) is 0. The average molecular weight is 196 g/mol. The molecule has 45 valence electrons. The molecule has 1 radical (unpaired) electrons. The first kappa shape index (κ1) is 9.25. The summed E-state index contributed by atoms with van der Waals surface area (Å²) in [5.41, 5.74) is 1.18. The third-order valence-electron chi connectivity index (χ3n) is 1.02. The van der Waals surface area contributed by atoms with Gasteiger partial charge in [-0.15, -0.1) is 11.6 Å². The van der Waals surface area contributed by atoms with Gasteiger partial charge in [-0.1, -0.05) is 6.92 Å². The van der Waals surface area contributed by atoms with E-state index >= 15 is 0 Å². The third kappa shape index (κ3) is 3.07. The summed E-state index contributed by atoms with van der Waals surface area (Å²) in [7, 11) is 2.00. The summed E-state index contributed by atoms with van der Waals surface area (Å²) in [5.74, 6) is 0. The largest absolute Gasteiger partial charge is 0.314 e. The minimum atomic E-state index is 0. The summed E-state index contributed by atoms with van der Waals surface area (Å²) in [6.45, 7) is 2.03. The second-order valence-corrected chi connectivity index (χ2v) is 1.94. The Morgan fingerprint density at radius 1 is 1.56 bits per heavy atom. The van der Waals surface area contributed by atoms with Gasteiger partial charge in [0, 0.05) is 32.7 Å². The maximum atomic E-state index is 3.05. The standard InChI is InChI=1S/C7H9N.Y/c1-7-4-3-5-8(2)6-7;/h3,5-6H,1-2H3;. The van der Waals surface area contributed by atoms with Gasteiger partial charge < -0.3 is 4.57 Å². The van der Waals surface area contributed by atoms with Crippen molar-refractivity contribution in [3.63, 3.8) is 0 Å². The number of rotatable bonds is 0. The maximum Gasteiger partial charge on any atom is 0.115 e. The van der Waals surface area contributed by atoms with E-state index in [-0.39, 0.29) is 32.7 Å². The Bertz CT molecular complexity index is 169. The molecule has 1 heterocycles. The number of aromatic nitrogens is 1. The van der Waals surface area contributed by atoms with Crippen molar-refractivity contribution in [2.24, 2.45) is 7.05 Å². The van der Waals surface area contributed by atoms with Crippen LogP contribution >= 0.6 is 0 Å². The summed E-state index contributed by atoms with van der Waals surface area (Å²) >= 11 is 0. The van der Waals surface area contributed by atoms with Crippen molar-refractivity contribution < 1.29 is 37.3 Å². The van der Waals surface area contributed by atoms with Gasteiger partial charge in [-0.25, -0.2) is 0 Å². The predicted molar refractivity (Wildman–Crippen MR) is 31.2 cm³/mol. The quantitative estimate of drug-likeness (QED) is 0.423. The fourth-order valence-corrected chi connectivity index (χ4v) is 0.672. The molecule has 0 unspecified atom stereocenters. The van der Waals surface area contributed by atoms with E-state index in [1.54, 1.807) is 0 Å². The van der Waals surface area contributed by atoms with E-state index in [4.69, 9.17) is 0 Å². The topological polar surface area (TPSA) is 3.88 Å². The Hall–Kier alpha value is 0.254. The van der Waals surface area contributed by atoms with Crippen LogP contribution in [0, 0.1) is 13.0 Å². The fraction of sp³-hybridized carbons (Fsp3) is 0.286. The zero-order valence-electron chi connectivity index (χ0n) is 5.76. The molecule has 2 heteroatoms. The fourth-order valence-electron chi connectivity index (χ4n) is 0.672. The summed E-state index contributed by atoms with van der Waals surface area (Å²) in [6, 6.07) is 4.96. The van der Waals surface area contributed by atoms with Crippen LogP contribution in [0.4, 0.5) is 0 Å². The van der Waals surface area contributed by atoms with Gasteiger partial charge in [0.1, 0.15) is 7.05 Å². The molecule has 0 amide bonds. The molecule has 0 aromatic carbocycles. The van der Waals surface area contributed by atoms with Crippen LogP contribution in [-0.4, -0.2) is 0 Å². The van der Waals surface area contributed by atoms with Crippen LogP contribution in [0.3, 0.4) is 0 Å². The normalized spacial score (nSPS) is 8.22. The number of pyridine rings is 1. The molecule has 0 aliphatic heterocycles. The zero-order valence-corrected chi connectivity index (χ0v) is 8.59. The molecule has 0 saturated carbocycles. The van der Waals surface area contributed by atoms with E-state index in [0.29, 0.717) is 0 Å². The van der Waals surface area contributed by atoms with Gasteiger partial charge in [0.2, 0.25) is 0 Å². The van der Waals surface area contributed by atoms with Gasteiger partial charge in [-0.3, -0.25) is 0 Å². The zero-order chi connectivity index (χ0) is 5.98. The summed E-state index contributed by atoms with van der Waals surface area (Å²) < 4.78 is 2.01. The van der Waals surface area contributed by atoms with Crippen LogP contribution in [0.2, 0.25) is 0 Å². The number of aryl methyl sites for hydroxylation is 2. The van der Waals surface area contributed by atoms with Gasteiger partial charge in [-0.2, -0.15) is 6.07 Å². The van der Waals surface area contributed by atoms with Crippen LogP contribution in [0.1, 0.15) is 5.56 Å². The van der Waals surface area contributed by atoms with Crippen molar-refractivity contribution in [2.75, 3.05) is 0 Å². The maximum absolute atomic E-state index is 3.05. The first-order valence-electron chi connectivity index (χ1n) is 2.62. The number of nitrogens with zero attached hydrogens (tertiary/aromatic N) is 1. The summed E-state index contributed by atoms with van der Waals surface area (Å²) in [6.07, 6.45) is 3.99. The molecule has 0 N–H and O–H groups in total. The Morgan fingerprint density at radius 3 is 2.56 bits per heavy atom. The van der Waals surface area contributed by atoms with Crippen LogP contribution in [0.25, 0.3) is 0 Å². The molecule has 0 spiro atoms. The van der Waals surface area contributed by atoms with Gasteiger partial charge in [0.25, 0.3) is 0 Å². The Kier molecular flexibility index (Phi) is 4.25. The Balaban J connectivity index is 0.000000640. The van der Waals surface area contributed by atoms with E-state index in [0.717, 1.165) is 0 Å². The molecule has 1 rings (SSSR count). The second kappa shape index (κ2) is 4.13. The van der Waals surface area contributed by atoms with E-state index in [1.807, 2.05) is 37.0 Å². The third-order valence-corrected chi connectivity index (χ3v) is 1.02. The van der Waals surface area contributed by atoms with E-state index in [1.165, 1.54) is 5.56 Å². The van der Waals surface area contributed by atoms with Crippen LogP contribution < -0.4 is 4.57 Å². The summed E-state index contributed by atoms with van der Waals surface area (Å²) in [4.78, 5) is 0. The van der Waals surface area contributed by atoms with E-state index in [9.17, 15) is 0 Å². The smallest absolute Gasteiger partial charge is 0.115 e. The van der Waals surface area contributed by atoms with E-state index < -0.39 is 0 Å². The molecule has 9 heavy (non-hydrogen) atoms. The molecule has 1 aromatic rings. The summed E-state index contributed by atoms with van der Waals surface area (Å²) in [5, 5.41) is 0.